The van der Waals surface area contributed by atoms with Gasteiger partial charge in [0.15, 0.2) is 0 Å². The highest BCUT2D eigenvalue weighted by molar-refractivity contribution is 7.90. The van der Waals surface area contributed by atoms with E-state index in [0.29, 0.717) is 12.8 Å². The van der Waals surface area contributed by atoms with Crippen molar-refractivity contribution in [1.29, 1.82) is 0 Å². The highest BCUT2D eigenvalue weighted by atomic mass is 32.2. The van der Waals surface area contributed by atoms with Crippen molar-refractivity contribution in [2.45, 2.75) is 17.6 Å². The normalized spacial score (nSPS) is 19.8. The lowest BCUT2D eigenvalue weighted by Crippen LogP contribution is -2.28. The van der Waals surface area contributed by atoms with E-state index in [2.05, 4.69) is 4.98 Å². The molecule has 0 amide bonds. The molecule has 1 aliphatic carbocycles. The molecule has 70 valence electrons. The Hall–Kier alpha value is -0.940. The Morgan fingerprint density at radius 3 is 2.23 bits per heavy atom. The third-order valence-corrected chi connectivity index (χ3v) is 4.19. The molecular weight excluding hydrogens is 188 g/mol. The van der Waals surface area contributed by atoms with Crippen molar-refractivity contribution in [3.8, 4) is 0 Å². The second-order valence-electron chi connectivity index (χ2n) is 3.28. The van der Waals surface area contributed by atoms with Gasteiger partial charge in [-0.2, -0.15) is 0 Å². The third-order valence-electron chi connectivity index (χ3n) is 2.46. The van der Waals surface area contributed by atoms with E-state index in [1.54, 1.807) is 24.5 Å². The number of aromatic nitrogens is 1. The van der Waals surface area contributed by atoms with Crippen LogP contribution in [0.5, 0.6) is 0 Å². The van der Waals surface area contributed by atoms with Gasteiger partial charge in [-0.05, 0) is 30.5 Å². The van der Waals surface area contributed by atoms with Gasteiger partial charge in [-0.1, -0.05) is 0 Å². The molecule has 4 nitrogen and oxygen atoms in total. The second-order valence-corrected chi connectivity index (χ2v) is 5.15. The van der Waals surface area contributed by atoms with Crippen molar-refractivity contribution in [3.05, 3.63) is 30.1 Å². The summed E-state index contributed by atoms with van der Waals surface area (Å²) in [6.07, 6.45) is 4.41. The molecule has 0 aromatic carbocycles. The van der Waals surface area contributed by atoms with Gasteiger partial charge < -0.3 is 0 Å². The van der Waals surface area contributed by atoms with Crippen molar-refractivity contribution in [1.82, 2.24) is 4.98 Å². The molecule has 1 heterocycles. The lowest BCUT2D eigenvalue weighted by Gasteiger charge is -2.11. The summed E-state index contributed by atoms with van der Waals surface area (Å²) in [5, 5.41) is 5.16. The van der Waals surface area contributed by atoms with Crippen molar-refractivity contribution in [2.24, 2.45) is 5.14 Å². The van der Waals surface area contributed by atoms with E-state index in [9.17, 15) is 8.42 Å². The van der Waals surface area contributed by atoms with E-state index in [1.165, 1.54) is 0 Å². The van der Waals surface area contributed by atoms with Crippen LogP contribution in [0.4, 0.5) is 0 Å². The number of nitrogens with two attached hydrogens (primary N) is 1. The minimum Gasteiger partial charge on any atom is -0.265 e. The van der Waals surface area contributed by atoms with E-state index in [0.717, 1.165) is 5.56 Å². The highest BCUT2D eigenvalue weighted by Gasteiger charge is 2.54. The maximum Gasteiger partial charge on any atom is 0.219 e. The average molecular weight is 198 g/mol. The van der Waals surface area contributed by atoms with Crippen LogP contribution in [0.25, 0.3) is 0 Å². The van der Waals surface area contributed by atoms with Gasteiger partial charge in [-0.3, -0.25) is 4.98 Å². The lowest BCUT2D eigenvalue weighted by atomic mass is 10.2. The number of rotatable bonds is 2. The van der Waals surface area contributed by atoms with Crippen molar-refractivity contribution >= 4 is 10.0 Å². The van der Waals surface area contributed by atoms with E-state index in [1.807, 2.05) is 0 Å². The maximum atomic E-state index is 11.3. The topological polar surface area (TPSA) is 73.1 Å². The molecule has 2 N–H and O–H groups in total. The summed E-state index contributed by atoms with van der Waals surface area (Å²) in [5.41, 5.74) is 0.755. The Labute approximate surface area is 76.8 Å². The molecule has 0 radical (unpaired) electrons. The fraction of sp³-hybridized carbons (Fsp3) is 0.375. The molecule has 1 aromatic heterocycles. The summed E-state index contributed by atoms with van der Waals surface area (Å²) in [6, 6.07) is 3.41. The van der Waals surface area contributed by atoms with E-state index in [-0.39, 0.29) is 0 Å². The number of pyridine rings is 1. The van der Waals surface area contributed by atoms with Crippen molar-refractivity contribution < 1.29 is 8.42 Å². The first-order chi connectivity index (χ1) is 6.06. The van der Waals surface area contributed by atoms with Gasteiger partial charge in [0.1, 0.15) is 4.75 Å². The Bertz CT molecular complexity index is 409. The van der Waals surface area contributed by atoms with Gasteiger partial charge >= 0.3 is 0 Å². The Kier molecular flexibility index (Phi) is 1.68. The standard InChI is InChI=1S/C8H10N2O2S/c9-13(11,12)8(3-4-8)7-1-5-10-6-2-7/h1-2,5-6H,3-4H2,(H2,9,11,12). The molecule has 1 fully saturated rings. The third kappa shape index (κ3) is 1.24. The molecule has 1 aromatic rings. The Balaban J connectivity index is 2.49. The van der Waals surface area contributed by atoms with Crippen LogP contribution in [0.1, 0.15) is 18.4 Å². The quantitative estimate of drug-likeness (QED) is 0.745. The number of sulfonamides is 1. The van der Waals surface area contributed by atoms with Crippen LogP contribution in [0.2, 0.25) is 0 Å². The monoisotopic (exact) mass is 198 g/mol. The van der Waals surface area contributed by atoms with Crippen LogP contribution in [0.3, 0.4) is 0 Å². The number of primary sulfonamides is 1. The van der Waals surface area contributed by atoms with Crippen LogP contribution in [-0.2, 0) is 14.8 Å². The zero-order valence-electron chi connectivity index (χ0n) is 6.97. The summed E-state index contributed by atoms with van der Waals surface area (Å²) in [6.45, 7) is 0. The van der Waals surface area contributed by atoms with Gasteiger partial charge in [0.25, 0.3) is 0 Å². The van der Waals surface area contributed by atoms with Crippen LogP contribution >= 0.6 is 0 Å². The second kappa shape index (κ2) is 2.52. The van der Waals surface area contributed by atoms with Crippen LogP contribution < -0.4 is 5.14 Å². The summed E-state index contributed by atoms with van der Waals surface area (Å²) >= 11 is 0. The first kappa shape index (κ1) is 8.65. The Morgan fingerprint density at radius 2 is 1.85 bits per heavy atom. The molecule has 1 aliphatic rings. The van der Waals surface area contributed by atoms with E-state index < -0.39 is 14.8 Å². The molecule has 0 unspecified atom stereocenters. The smallest absolute Gasteiger partial charge is 0.219 e. The average Bonchev–Trinajstić information content (AvgIpc) is 2.84. The maximum absolute atomic E-state index is 11.3. The fourth-order valence-corrected chi connectivity index (χ4v) is 2.64. The first-order valence-electron chi connectivity index (χ1n) is 3.99. The van der Waals surface area contributed by atoms with E-state index >= 15 is 0 Å². The number of hydrogen-bond acceptors (Lipinski definition) is 3. The first-order valence-corrected chi connectivity index (χ1v) is 5.54. The molecule has 0 saturated heterocycles. The predicted molar refractivity (Wildman–Crippen MR) is 48.3 cm³/mol. The lowest BCUT2D eigenvalue weighted by molar-refractivity contribution is 0.581. The molecule has 0 aliphatic heterocycles. The Morgan fingerprint density at radius 1 is 1.31 bits per heavy atom. The minimum absolute atomic E-state index is 0.621. The zero-order chi connectivity index (χ0) is 9.53. The van der Waals surface area contributed by atoms with E-state index in [4.69, 9.17) is 5.14 Å². The molecule has 2 rings (SSSR count). The molecule has 0 spiro atoms. The summed E-state index contributed by atoms with van der Waals surface area (Å²) in [7, 11) is -3.47. The molecule has 0 bridgehead atoms. The molecule has 5 heteroatoms. The summed E-state index contributed by atoms with van der Waals surface area (Å²) < 4.78 is 21.7. The van der Waals surface area contributed by atoms with Gasteiger partial charge in [-0.25, -0.2) is 13.6 Å². The van der Waals surface area contributed by atoms with Gasteiger partial charge in [0.05, 0.1) is 0 Å². The molecule has 0 atom stereocenters. The molecule has 13 heavy (non-hydrogen) atoms. The largest absolute Gasteiger partial charge is 0.265 e. The summed E-state index contributed by atoms with van der Waals surface area (Å²) in [5.74, 6) is 0. The number of hydrogen-bond donors (Lipinski definition) is 1. The fourth-order valence-electron chi connectivity index (χ4n) is 1.51. The van der Waals surface area contributed by atoms with Crippen LogP contribution in [0.15, 0.2) is 24.5 Å². The number of nitrogens with zero attached hydrogens (tertiary/aromatic N) is 1. The highest BCUT2D eigenvalue weighted by Crippen LogP contribution is 2.51. The van der Waals surface area contributed by atoms with Crippen molar-refractivity contribution in [2.75, 3.05) is 0 Å². The van der Waals surface area contributed by atoms with Gasteiger partial charge in [0.2, 0.25) is 10.0 Å². The van der Waals surface area contributed by atoms with Gasteiger partial charge in [-0.15, -0.1) is 0 Å². The van der Waals surface area contributed by atoms with Gasteiger partial charge in [0, 0.05) is 12.4 Å². The molecule has 1 saturated carbocycles. The van der Waals surface area contributed by atoms with Crippen LogP contribution in [-0.4, -0.2) is 13.4 Å². The summed E-state index contributed by atoms with van der Waals surface area (Å²) in [4.78, 5) is 3.83. The molecular formula is C8H10N2O2S. The van der Waals surface area contributed by atoms with Crippen LogP contribution in [0, 0.1) is 0 Å². The zero-order valence-corrected chi connectivity index (χ0v) is 7.79. The SMILES string of the molecule is NS(=O)(=O)C1(c2ccncc2)CC1. The van der Waals surface area contributed by atoms with Crippen molar-refractivity contribution in [3.63, 3.8) is 0 Å². The minimum atomic E-state index is -3.47. The predicted octanol–water partition coefficient (Wildman–Crippen LogP) is 0.359.